The third-order valence-corrected chi connectivity index (χ3v) is 2.51. The molecule has 4 nitrogen and oxygen atoms in total. The van der Waals surface area contributed by atoms with Crippen molar-refractivity contribution in [3.8, 4) is 0 Å². The molecule has 0 bridgehead atoms. The molecule has 1 fully saturated rings. The van der Waals surface area contributed by atoms with Crippen molar-refractivity contribution in [3.63, 3.8) is 0 Å². The van der Waals surface area contributed by atoms with Crippen molar-refractivity contribution in [2.45, 2.75) is 20.3 Å². The summed E-state index contributed by atoms with van der Waals surface area (Å²) in [5.41, 5.74) is 0. The maximum Gasteiger partial charge on any atom is 0.0558 e. The van der Waals surface area contributed by atoms with Gasteiger partial charge in [0.05, 0.1) is 6.61 Å². The minimum absolute atomic E-state index is 0.261. The zero-order chi connectivity index (χ0) is 11.5. The predicted molar refractivity (Wildman–Crippen MR) is 63.0 cm³/mol. The zero-order valence-corrected chi connectivity index (χ0v) is 10.2. The summed E-state index contributed by atoms with van der Waals surface area (Å²) in [6.45, 7) is 10.6. The molecule has 2 N–H and O–H groups in total. The molecule has 0 radical (unpaired) electrons. The molecule has 0 unspecified atom stereocenters. The second-order valence-electron chi connectivity index (χ2n) is 3.48. The highest BCUT2D eigenvalue weighted by Crippen LogP contribution is 2.01. The Balaban J connectivity index is 0.000000921. The summed E-state index contributed by atoms with van der Waals surface area (Å²) in [6, 6.07) is 0. The number of aliphatic hydroxyl groups excluding tert-OH is 2. The van der Waals surface area contributed by atoms with Crippen LogP contribution in [0.4, 0.5) is 0 Å². The highest BCUT2D eigenvalue weighted by atomic mass is 16.3. The number of aliphatic hydroxyl groups is 2. The smallest absolute Gasteiger partial charge is 0.0558 e. The summed E-state index contributed by atoms with van der Waals surface area (Å²) >= 11 is 0. The lowest BCUT2D eigenvalue weighted by Crippen LogP contribution is -2.47. The van der Waals surface area contributed by atoms with Crippen LogP contribution in [0.1, 0.15) is 20.3 Å². The van der Waals surface area contributed by atoms with Crippen LogP contribution in [0, 0.1) is 0 Å². The highest BCUT2D eigenvalue weighted by Gasteiger charge is 2.14. The van der Waals surface area contributed by atoms with Gasteiger partial charge in [0.15, 0.2) is 0 Å². The van der Waals surface area contributed by atoms with Crippen LogP contribution in [0.25, 0.3) is 0 Å². The number of hydrogen-bond donors (Lipinski definition) is 2. The van der Waals surface area contributed by atoms with Crippen molar-refractivity contribution >= 4 is 0 Å². The molecular formula is C11H26N2O2. The Kier molecular flexibility index (Phi) is 10.3. The Hall–Kier alpha value is -0.160. The Morgan fingerprint density at radius 1 is 0.800 bits per heavy atom. The van der Waals surface area contributed by atoms with Crippen LogP contribution in [0.15, 0.2) is 0 Å². The maximum atomic E-state index is 8.74. The molecule has 0 saturated carbocycles. The second kappa shape index (κ2) is 10.4. The van der Waals surface area contributed by atoms with Gasteiger partial charge in [-0.2, -0.15) is 0 Å². The Morgan fingerprint density at radius 2 is 1.27 bits per heavy atom. The first-order chi connectivity index (χ1) is 7.36. The molecule has 0 amide bonds. The van der Waals surface area contributed by atoms with E-state index in [1.54, 1.807) is 0 Å². The van der Waals surface area contributed by atoms with E-state index in [9.17, 15) is 0 Å². The van der Waals surface area contributed by atoms with E-state index >= 15 is 0 Å². The molecule has 0 aromatic heterocycles. The van der Waals surface area contributed by atoms with Gasteiger partial charge < -0.3 is 15.1 Å². The lowest BCUT2D eigenvalue weighted by molar-refractivity contribution is 0.107. The lowest BCUT2D eigenvalue weighted by atomic mass is 10.3. The Labute approximate surface area is 93.5 Å². The molecule has 0 aliphatic carbocycles. The molecule has 4 heteroatoms. The van der Waals surface area contributed by atoms with Gasteiger partial charge in [0.1, 0.15) is 0 Å². The van der Waals surface area contributed by atoms with E-state index in [4.69, 9.17) is 10.2 Å². The van der Waals surface area contributed by atoms with Crippen LogP contribution in [-0.2, 0) is 0 Å². The normalized spacial score (nSPS) is 18.4. The van der Waals surface area contributed by atoms with Gasteiger partial charge >= 0.3 is 0 Å². The SMILES string of the molecule is CC.OCCCN1CCN(CCO)CC1. The Bertz CT molecular complexity index is 126. The number of rotatable bonds is 5. The van der Waals surface area contributed by atoms with Crippen molar-refractivity contribution in [2.75, 3.05) is 52.5 Å². The number of nitrogens with zero attached hydrogens (tertiary/aromatic N) is 2. The molecule has 1 heterocycles. The molecule has 1 aliphatic heterocycles. The first-order valence-corrected chi connectivity index (χ1v) is 6.03. The fourth-order valence-electron chi connectivity index (χ4n) is 1.67. The molecule has 92 valence electrons. The molecule has 1 saturated heterocycles. The standard InChI is InChI=1S/C9H20N2O2.C2H6/c12-8-1-2-10-3-5-11(6-4-10)7-9-13;1-2/h12-13H,1-9H2;1-2H3. The third-order valence-electron chi connectivity index (χ3n) is 2.51. The summed E-state index contributed by atoms with van der Waals surface area (Å²) < 4.78 is 0. The van der Waals surface area contributed by atoms with Crippen molar-refractivity contribution in [1.29, 1.82) is 0 Å². The first kappa shape index (κ1) is 14.8. The number of hydrogen-bond acceptors (Lipinski definition) is 4. The molecule has 0 aromatic carbocycles. The quantitative estimate of drug-likeness (QED) is 0.682. The molecule has 15 heavy (non-hydrogen) atoms. The van der Waals surface area contributed by atoms with Gasteiger partial charge in [-0.15, -0.1) is 0 Å². The molecular weight excluding hydrogens is 192 g/mol. The predicted octanol–water partition coefficient (Wildman–Crippen LogP) is 0.00490. The van der Waals surface area contributed by atoms with Crippen molar-refractivity contribution in [2.24, 2.45) is 0 Å². The summed E-state index contributed by atoms with van der Waals surface area (Å²) in [5, 5.41) is 17.4. The van der Waals surface area contributed by atoms with Crippen LogP contribution in [0.2, 0.25) is 0 Å². The second-order valence-corrected chi connectivity index (χ2v) is 3.48. The fourth-order valence-corrected chi connectivity index (χ4v) is 1.67. The van der Waals surface area contributed by atoms with E-state index in [2.05, 4.69) is 9.80 Å². The van der Waals surface area contributed by atoms with E-state index < -0.39 is 0 Å². The van der Waals surface area contributed by atoms with E-state index in [0.29, 0.717) is 0 Å². The topological polar surface area (TPSA) is 46.9 Å². The van der Waals surface area contributed by atoms with Crippen LogP contribution in [-0.4, -0.2) is 72.5 Å². The molecule has 0 atom stereocenters. The summed E-state index contributed by atoms with van der Waals surface area (Å²) in [5.74, 6) is 0. The molecule has 1 aliphatic rings. The van der Waals surface area contributed by atoms with E-state index in [1.807, 2.05) is 13.8 Å². The van der Waals surface area contributed by atoms with Gasteiger partial charge in [-0.1, -0.05) is 13.8 Å². The van der Waals surface area contributed by atoms with Crippen molar-refractivity contribution in [1.82, 2.24) is 9.80 Å². The molecule has 1 rings (SSSR count). The van der Waals surface area contributed by atoms with Crippen molar-refractivity contribution < 1.29 is 10.2 Å². The van der Waals surface area contributed by atoms with E-state index in [1.165, 1.54) is 0 Å². The van der Waals surface area contributed by atoms with Crippen LogP contribution < -0.4 is 0 Å². The van der Waals surface area contributed by atoms with Gasteiger partial charge in [-0.05, 0) is 6.42 Å². The van der Waals surface area contributed by atoms with Gasteiger partial charge in [0, 0.05) is 45.9 Å². The average Bonchev–Trinajstić information content (AvgIpc) is 2.31. The van der Waals surface area contributed by atoms with Gasteiger partial charge in [0.2, 0.25) is 0 Å². The van der Waals surface area contributed by atoms with E-state index in [-0.39, 0.29) is 13.2 Å². The monoisotopic (exact) mass is 218 g/mol. The number of β-amino-alcohol motifs (C(OH)–C–C–N with tert-alkyl or cyclic N) is 1. The van der Waals surface area contributed by atoms with Gasteiger partial charge in [-0.3, -0.25) is 4.90 Å². The fraction of sp³-hybridized carbons (Fsp3) is 1.00. The minimum Gasteiger partial charge on any atom is -0.396 e. The van der Waals surface area contributed by atoms with Gasteiger partial charge in [-0.25, -0.2) is 0 Å². The van der Waals surface area contributed by atoms with Crippen molar-refractivity contribution in [3.05, 3.63) is 0 Å². The summed E-state index contributed by atoms with van der Waals surface area (Å²) in [4.78, 5) is 4.64. The highest BCUT2D eigenvalue weighted by molar-refractivity contribution is 4.71. The molecule has 0 aromatic rings. The maximum absolute atomic E-state index is 8.74. The van der Waals surface area contributed by atoms with Gasteiger partial charge in [0.25, 0.3) is 0 Å². The first-order valence-electron chi connectivity index (χ1n) is 6.03. The number of piperazine rings is 1. The molecule has 0 spiro atoms. The summed E-state index contributed by atoms with van der Waals surface area (Å²) in [7, 11) is 0. The summed E-state index contributed by atoms with van der Waals surface area (Å²) in [6.07, 6.45) is 0.875. The lowest BCUT2D eigenvalue weighted by Gasteiger charge is -2.34. The Morgan fingerprint density at radius 3 is 1.67 bits per heavy atom. The average molecular weight is 218 g/mol. The third kappa shape index (κ3) is 6.84. The zero-order valence-electron chi connectivity index (χ0n) is 10.2. The van der Waals surface area contributed by atoms with E-state index in [0.717, 1.165) is 45.7 Å². The van der Waals surface area contributed by atoms with Crippen LogP contribution in [0.3, 0.4) is 0 Å². The largest absolute Gasteiger partial charge is 0.396 e. The van der Waals surface area contributed by atoms with Crippen LogP contribution in [0.5, 0.6) is 0 Å². The van der Waals surface area contributed by atoms with Crippen LogP contribution >= 0.6 is 0 Å². The minimum atomic E-state index is 0.261.